The number of rotatable bonds is 6. The zero-order valence-corrected chi connectivity index (χ0v) is 15.1. The molecule has 0 saturated heterocycles. The second-order valence-electron chi connectivity index (χ2n) is 6.03. The molecule has 0 aliphatic carbocycles. The number of carbonyl (C=O) groups excluding carboxylic acids is 1. The highest BCUT2D eigenvalue weighted by Crippen LogP contribution is 2.26. The Bertz CT molecular complexity index is 629. The number of aliphatic imine (C=N–C) groups is 2. The molecule has 0 aromatic heterocycles. The Balaban J connectivity index is 3.19. The quantitative estimate of drug-likeness (QED) is 0.364. The van der Waals surface area contributed by atoms with E-state index in [9.17, 15) is 4.79 Å². The minimum Gasteiger partial charge on any atom is -0.368 e. The Kier molecular flexibility index (Phi) is 7.17. The molecule has 0 aliphatic heterocycles. The van der Waals surface area contributed by atoms with Crippen LogP contribution in [0, 0.1) is 0 Å². The van der Waals surface area contributed by atoms with Gasteiger partial charge in [0.2, 0.25) is 12.4 Å². The van der Waals surface area contributed by atoms with Gasteiger partial charge in [-0.2, -0.15) is 4.99 Å². The van der Waals surface area contributed by atoms with Crippen molar-refractivity contribution in [1.29, 1.82) is 0 Å². The minimum absolute atomic E-state index is 0.121. The molecule has 0 heterocycles. The van der Waals surface area contributed by atoms with Crippen molar-refractivity contribution in [2.24, 2.45) is 15.7 Å². The third kappa shape index (κ3) is 5.22. The van der Waals surface area contributed by atoms with Gasteiger partial charge >= 0.3 is 0 Å². The van der Waals surface area contributed by atoms with E-state index in [0.717, 1.165) is 12.0 Å². The summed E-state index contributed by atoms with van der Waals surface area (Å²) in [4.78, 5) is 19.1. The largest absolute Gasteiger partial charge is 0.368 e. The van der Waals surface area contributed by atoms with E-state index < -0.39 is 0 Å². The van der Waals surface area contributed by atoms with Crippen molar-refractivity contribution in [3.8, 4) is 0 Å². The topological polar surface area (TPSA) is 83.1 Å². The van der Waals surface area contributed by atoms with E-state index >= 15 is 0 Å². The molecular formula is C18H27N5O. The average molecular weight is 329 g/mol. The highest BCUT2D eigenvalue weighted by molar-refractivity contribution is 6.06. The number of nitrogens with zero attached hydrogens (tertiary/aromatic N) is 3. The molecule has 3 N–H and O–H groups in total. The Morgan fingerprint density at radius 1 is 1.33 bits per heavy atom. The van der Waals surface area contributed by atoms with Gasteiger partial charge in [0, 0.05) is 18.8 Å². The molecule has 0 radical (unpaired) electrons. The molecule has 0 saturated carbocycles. The normalized spacial score (nSPS) is 13.2. The molecule has 24 heavy (non-hydrogen) atoms. The van der Waals surface area contributed by atoms with Crippen LogP contribution in [0.25, 0.3) is 0 Å². The van der Waals surface area contributed by atoms with Crippen LogP contribution in [0.15, 0.2) is 46.5 Å². The van der Waals surface area contributed by atoms with E-state index in [1.807, 2.05) is 25.1 Å². The molecule has 0 unspecified atom stereocenters. The number of carbonyl (C=O) groups is 1. The molecule has 1 rings (SSSR count). The first-order valence-corrected chi connectivity index (χ1v) is 7.93. The lowest BCUT2D eigenvalue weighted by Crippen LogP contribution is -2.43. The van der Waals surface area contributed by atoms with E-state index in [1.54, 1.807) is 13.2 Å². The van der Waals surface area contributed by atoms with Crippen molar-refractivity contribution in [3.63, 3.8) is 0 Å². The number of nitrogens with two attached hydrogens (primary N) is 1. The fourth-order valence-electron chi connectivity index (χ4n) is 1.92. The van der Waals surface area contributed by atoms with Crippen molar-refractivity contribution in [3.05, 3.63) is 47.7 Å². The predicted molar refractivity (Wildman–Crippen MR) is 99.7 cm³/mol. The summed E-state index contributed by atoms with van der Waals surface area (Å²) in [6.07, 6.45) is 5.06. The predicted octanol–water partition coefficient (Wildman–Crippen LogP) is 2.56. The molecule has 0 aliphatic rings. The highest BCUT2D eigenvalue weighted by Gasteiger charge is 2.18. The van der Waals surface area contributed by atoms with Gasteiger partial charge in [0.15, 0.2) is 5.84 Å². The van der Waals surface area contributed by atoms with Crippen LogP contribution in [-0.2, 0) is 10.2 Å². The molecule has 6 heteroatoms. The lowest BCUT2D eigenvalue weighted by atomic mass is 9.82. The number of hydrogen-bond acceptors (Lipinski definition) is 2. The number of hydrazine groups is 1. The minimum atomic E-state index is 0.121. The van der Waals surface area contributed by atoms with Gasteiger partial charge in [-0.25, -0.2) is 4.99 Å². The highest BCUT2D eigenvalue weighted by atomic mass is 16.1. The Morgan fingerprint density at radius 2 is 1.96 bits per heavy atom. The number of allylic oxidation sites excluding steroid dienone is 1. The first kappa shape index (κ1) is 19.4. The number of hydrogen-bond donors (Lipinski definition) is 2. The van der Waals surface area contributed by atoms with Gasteiger partial charge in [-0.05, 0) is 24.3 Å². The molecule has 1 amide bonds. The standard InChI is InChI=1S/C18H27N5O/c1-6-12-20-16(22-17(19)23(5)21-13-24)14-8-10-15(11-9-14)18(3,4)7-2/h6,8-13H,7H2,1-5H3,(H,21,24)(H2,19,20,22)/b12-6+. The summed E-state index contributed by atoms with van der Waals surface area (Å²) in [6, 6.07) is 8.14. The fourth-order valence-corrected chi connectivity index (χ4v) is 1.92. The molecule has 6 nitrogen and oxygen atoms in total. The third-order valence-electron chi connectivity index (χ3n) is 3.96. The fraction of sp³-hybridized carbons (Fsp3) is 0.389. The van der Waals surface area contributed by atoms with E-state index in [4.69, 9.17) is 5.73 Å². The van der Waals surface area contributed by atoms with Crippen molar-refractivity contribution in [1.82, 2.24) is 10.4 Å². The second kappa shape index (κ2) is 8.86. The summed E-state index contributed by atoms with van der Waals surface area (Å²) in [5, 5.41) is 1.33. The van der Waals surface area contributed by atoms with Crippen LogP contribution in [0.1, 0.15) is 45.2 Å². The average Bonchev–Trinajstić information content (AvgIpc) is 2.58. The second-order valence-corrected chi connectivity index (χ2v) is 6.03. The summed E-state index contributed by atoms with van der Waals surface area (Å²) < 4.78 is 0. The van der Waals surface area contributed by atoms with Gasteiger partial charge in [0.25, 0.3) is 0 Å². The number of guanidine groups is 1. The zero-order valence-electron chi connectivity index (χ0n) is 15.1. The van der Waals surface area contributed by atoms with Crippen LogP contribution in [0.4, 0.5) is 0 Å². The summed E-state index contributed by atoms with van der Waals surface area (Å²) >= 11 is 0. The molecular weight excluding hydrogens is 302 g/mol. The van der Waals surface area contributed by atoms with E-state index in [2.05, 4.69) is 48.3 Å². The molecule has 0 bridgehead atoms. The lowest BCUT2D eigenvalue weighted by Gasteiger charge is -2.23. The van der Waals surface area contributed by atoms with Crippen LogP contribution in [0.5, 0.6) is 0 Å². The number of nitrogens with one attached hydrogen (secondary N) is 1. The van der Waals surface area contributed by atoms with Gasteiger partial charge < -0.3 is 5.73 Å². The first-order chi connectivity index (χ1) is 11.4. The third-order valence-corrected chi connectivity index (χ3v) is 3.96. The Morgan fingerprint density at radius 3 is 2.46 bits per heavy atom. The molecule has 0 fully saturated rings. The maximum Gasteiger partial charge on any atom is 0.225 e. The lowest BCUT2D eigenvalue weighted by molar-refractivity contribution is -0.112. The molecule has 0 atom stereocenters. The SMILES string of the molecule is C/C=C/N=C(N=C(N)N(C)NC=O)c1ccc(C(C)(C)CC)cc1. The first-order valence-electron chi connectivity index (χ1n) is 7.93. The maximum absolute atomic E-state index is 10.5. The summed E-state index contributed by atoms with van der Waals surface area (Å²) in [7, 11) is 1.60. The molecule has 0 spiro atoms. The summed E-state index contributed by atoms with van der Waals surface area (Å²) in [5.74, 6) is 0.620. The van der Waals surface area contributed by atoms with E-state index in [1.165, 1.54) is 10.6 Å². The molecule has 1 aromatic rings. The van der Waals surface area contributed by atoms with Crippen molar-refractivity contribution in [2.45, 2.75) is 39.5 Å². The van der Waals surface area contributed by atoms with Gasteiger partial charge in [-0.3, -0.25) is 15.2 Å². The van der Waals surface area contributed by atoms with E-state index in [0.29, 0.717) is 12.2 Å². The monoisotopic (exact) mass is 329 g/mol. The summed E-state index contributed by atoms with van der Waals surface area (Å²) in [6.45, 7) is 8.48. The van der Waals surface area contributed by atoms with Crippen molar-refractivity contribution in [2.75, 3.05) is 7.05 Å². The van der Waals surface area contributed by atoms with Gasteiger partial charge in [-0.1, -0.05) is 51.1 Å². The number of amidine groups is 1. The van der Waals surface area contributed by atoms with Crippen LogP contribution in [-0.4, -0.2) is 30.3 Å². The number of benzene rings is 1. The number of amides is 1. The molecule has 1 aromatic carbocycles. The summed E-state index contributed by atoms with van der Waals surface area (Å²) in [5.41, 5.74) is 10.5. The van der Waals surface area contributed by atoms with Crippen LogP contribution < -0.4 is 11.2 Å². The van der Waals surface area contributed by atoms with Gasteiger partial charge in [0.1, 0.15) is 0 Å². The Labute approximate surface area is 144 Å². The van der Waals surface area contributed by atoms with Crippen molar-refractivity contribution < 1.29 is 4.79 Å². The maximum atomic E-state index is 10.5. The van der Waals surface area contributed by atoms with Crippen LogP contribution >= 0.6 is 0 Å². The zero-order chi connectivity index (χ0) is 18.2. The smallest absolute Gasteiger partial charge is 0.225 e. The van der Waals surface area contributed by atoms with Gasteiger partial charge in [0.05, 0.1) is 0 Å². The van der Waals surface area contributed by atoms with E-state index in [-0.39, 0.29) is 11.4 Å². The Hall–Kier alpha value is -2.63. The van der Waals surface area contributed by atoms with Crippen LogP contribution in [0.2, 0.25) is 0 Å². The van der Waals surface area contributed by atoms with Crippen molar-refractivity contribution >= 4 is 18.2 Å². The van der Waals surface area contributed by atoms with Crippen LogP contribution in [0.3, 0.4) is 0 Å². The molecule has 130 valence electrons. The van der Waals surface area contributed by atoms with Gasteiger partial charge in [-0.15, -0.1) is 0 Å².